The van der Waals surface area contributed by atoms with Crippen LogP contribution in [0.2, 0.25) is 0 Å². The number of carbonyl (C=O) groups is 1. The molecule has 0 aliphatic carbocycles. The summed E-state index contributed by atoms with van der Waals surface area (Å²) in [7, 11) is 3.25. The van der Waals surface area contributed by atoms with Gasteiger partial charge in [0, 0.05) is 36.7 Å². The molecule has 0 atom stereocenters. The number of fused-ring (bicyclic) bond motifs is 1. The highest BCUT2D eigenvalue weighted by molar-refractivity contribution is 8.13. The van der Waals surface area contributed by atoms with Gasteiger partial charge in [0.25, 0.3) is 5.91 Å². The molecule has 4 rings (SSSR count). The maximum Gasteiger partial charge on any atom is 0.251 e. The Morgan fingerprint density at radius 2 is 2.08 bits per heavy atom. The van der Waals surface area contributed by atoms with Gasteiger partial charge in [-0.2, -0.15) is 5.53 Å². The van der Waals surface area contributed by atoms with E-state index in [1.807, 2.05) is 18.2 Å². The number of phenols is 1. The molecule has 5 N–H and O–H groups in total. The second kappa shape index (κ2) is 11.3. The van der Waals surface area contributed by atoms with Gasteiger partial charge in [-0.25, -0.2) is 9.97 Å². The molecule has 2 aromatic heterocycles. The molecule has 0 saturated heterocycles. The summed E-state index contributed by atoms with van der Waals surface area (Å²) in [5.74, 6) is 1.35. The number of hydrogen-bond donors (Lipinski definition) is 5. The lowest BCUT2D eigenvalue weighted by Gasteiger charge is -2.09. The van der Waals surface area contributed by atoms with E-state index in [0.29, 0.717) is 45.8 Å². The van der Waals surface area contributed by atoms with Crippen molar-refractivity contribution in [2.24, 2.45) is 10.3 Å². The third kappa shape index (κ3) is 5.44. The van der Waals surface area contributed by atoms with Crippen LogP contribution in [0.5, 0.6) is 11.6 Å². The quantitative estimate of drug-likeness (QED) is 0.0797. The molecular weight excluding hydrogens is 480 g/mol. The Kier molecular flexibility index (Phi) is 7.75. The van der Waals surface area contributed by atoms with E-state index >= 15 is 0 Å². The number of aromatic nitrogens is 3. The summed E-state index contributed by atoms with van der Waals surface area (Å²) in [6, 6.07) is 14.1. The first-order valence-corrected chi connectivity index (χ1v) is 11.9. The van der Waals surface area contributed by atoms with Crippen LogP contribution in [-0.2, 0) is 0 Å². The normalized spacial score (nSPS) is 11.3. The number of amides is 1. The molecule has 11 nitrogen and oxygen atoms in total. The minimum absolute atomic E-state index is 0.0684. The summed E-state index contributed by atoms with van der Waals surface area (Å²) >= 11 is 1.35. The Bertz CT molecular complexity index is 1440. The van der Waals surface area contributed by atoms with Gasteiger partial charge in [0.1, 0.15) is 11.6 Å². The number of phenolic OH excluding ortho intramolecular Hbond substituents is 1. The molecule has 12 heteroatoms. The molecular formula is C24H24N8O3S. The van der Waals surface area contributed by atoms with E-state index in [4.69, 9.17) is 10.3 Å². The monoisotopic (exact) mass is 504 g/mol. The van der Waals surface area contributed by atoms with E-state index in [2.05, 4.69) is 35.9 Å². The summed E-state index contributed by atoms with van der Waals surface area (Å²) in [5, 5.41) is 23.3. The fraction of sp³-hybridized carbons (Fsp3) is 0.167. The summed E-state index contributed by atoms with van der Waals surface area (Å²) in [6.07, 6.45) is 1.65. The fourth-order valence-corrected chi connectivity index (χ4v) is 4.19. The number of nitrogens with zero attached hydrogens (tertiary/aromatic N) is 4. The standard InChI is InChI=1S/C24H24N8O3S/c1-26-24(31-32-25)36-11-10-27-22(34)15-5-7-18-19(13-15)30-21(29-18)17-12-14(6-8-20(17)33)16-4-3-9-28-23(16)35-2/h3-9,12-13,33H,10-11H2,1-2H3,(H,27,34)(H,29,30)(H2,25,26,31). The van der Waals surface area contributed by atoms with Gasteiger partial charge < -0.3 is 25.5 Å². The van der Waals surface area contributed by atoms with Crippen molar-refractivity contribution >= 4 is 33.9 Å². The summed E-state index contributed by atoms with van der Waals surface area (Å²) < 4.78 is 5.37. The number of amidine groups is 1. The number of imidazole rings is 1. The van der Waals surface area contributed by atoms with Crippen LogP contribution in [0.15, 0.2) is 65.1 Å². The van der Waals surface area contributed by atoms with Crippen molar-refractivity contribution in [1.29, 1.82) is 5.53 Å². The number of ether oxygens (including phenoxy) is 1. The number of hydrogen-bond acceptors (Lipinski definition) is 8. The topological polar surface area (TPSA) is 161 Å². The number of aromatic hydroxyl groups is 1. The zero-order chi connectivity index (χ0) is 25.5. The van der Waals surface area contributed by atoms with Crippen LogP contribution in [0.3, 0.4) is 0 Å². The molecule has 0 radical (unpaired) electrons. The molecule has 2 aromatic carbocycles. The molecule has 4 aromatic rings. The Hall–Kier alpha value is -4.45. The van der Waals surface area contributed by atoms with E-state index in [1.54, 1.807) is 50.7 Å². The van der Waals surface area contributed by atoms with E-state index in [9.17, 15) is 9.90 Å². The number of benzene rings is 2. The highest BCUT2D eigenvalue weighted by Gasteiger charge is 2.15. The average Bonchev–Trinajstić information content (AvgIpc) is 3.33. The Morgan fingerprint density at radius 3 is 2.86 bits per heavy atom. The second-order valence-electron chi connectivity index (χ2n) is 7.47. The third-order valence-corrected chi connectivity index (χ3v) is 6.22. The maximum atomic E-state index is 12.6. The first kappa shape index (κ1) is 24.7. The van der Waals surface area contributed by atoms with Gasteiger partial charge in [-0.15, -0.1) is 5.10 Å². The number of aromatic amines is 1. The van der Waals surface area contributed by atoms with Crippen LogP contribution in [0.1, 0.15) is 10.4 Å². The number of methoxy groups -OCH3 is 1. The highest BCUT2D eigenvalue weighted by atomic mass is 32.2. The molecule has 0 unspecified atom stereocenters. The van der Waals surface area contributed by atoms with Crippen LogP contribution >= 0.6 is 11.8 Å². The van der Waals surface area contributed by atoms with Crippen molar-refractivity contribution in [3.63, 3.8) is 0 Å². The Balaban J connectivity index is 1.53. The lowest BCUT2D eigenvalue weighted by Crippen LogP contribution is -2.26. The van der Waals surface area contributed by atoms with Gasteiger partial charge >= 0.3 is 0 Å². The second-order valence-corrected chi connectivity index (χ2v) is 8.55. The first-order valence-electron chi connectivity index (χ1n) is 10.9. The third-order valence-electron chi connectivity index (χ3n) is 5.25. The highest BCUT2D eigenvalue weighted by Crippen LogP contribution is 2.35. The number of pyridine rings is 1. The first-order chi connectivity index (χ1) is 17.5. The fourth-order valence-electron chi connectivity index (χ4n) is 3.55. The van der Waals surface area contributed by atoms with Gasteiger partial charge in [-0.3, -0.25) is 4.79 Å². The molecule has 0 fully saturated rings. The van der Waals surface area contributed by atoms with Gasteiger partial charge in [-0.1, -0.05) is 17.8 Å². The SMILES string of the molecule is CN/C(=N\N=N)SCCNC(=O)c1ccc2[nH]c(-c3cc(-c4cccnc4OC)ccc3O)nc2c1. The molecule has 2 heterocycles. The number of carbonyl (C=O) groups excluding carboxylic acids is 1. The van der Waals surface area contributed by atoms with Gasteiger partial charge in [-0.05, 0) is 53.3 Å². The Labute approximate surface area is 210 Å². The number of H-pyrrole nitrogens is 1. The van der Waals surface area contributed by atoms with Crippen molar-refractivity contribution in [3.05, 3.63) is 60.3 Å². The van der Waals surface area contributed by atoms with Crippen molar-refractivity contribution in [3.8, 4) is 34.1 Å². The van der Waals surface area contributed by atoms with E-state index in [1.165, 1.54) is 11.8 Å². The van der Waals surface area contributed by atoms with Crippen LogP contribution in [0, 0.1) is 5.53 Å². The number of rotatable bonds is 8. The van der Waals surface area contributed by atoms with Crippen molar-refractivity contribution < 1.29 is 14.6 Å². The average molecular weight is 505 g/mol. The van der Waals surface area contributed by atoms with Crippen molar-refractivity contribution in [2.75, 3.05) is 26.5 Å². The van der Waals surface area contributed by atoms with Crippen molar-refractivity contribution in [2.45, 2.75) is 0 Å². The minimum atomic E-state index is -0.233. The predicted molar refractivity (Wildman–Crippen MR) is 139 cm³/mol. The Morgan fingerprint density at radius 1 is 1.22 bits per heavy atom. The zero-order valence-corrected chi connectivity index (χ0v) is 20.4. The summed E-state index contributed by atoms with van der Waals surface area (Å²) in [5.41, 5.74) is 10.7. The molecule has 0 saturated carbocycles. The minimum Gasteiger partial charge on any atom is -0.507 e. The lowest BCUT2D eigenvalue weighted by molar-refractivity contribution is 0.0956. The smallest absolute Gasteiger partial charge is 0.251 e. The van der Waals surface area contributed by atoms with E-state index in [0.717, 1.165) is 16.6 Å². The number of nitrogens with one attached hydrogen (secondary N) is 4. The molecule has 184 valence electrons. The molecule has 0 bridgehead atoms. The summed E-state index contributed by atoms with van der Waals surface area (Å²) in [6.45, 7) is 0.407. The van der Waals surface area contributed by atoms with Gasteiger partial charge in [0.05, 0.1) is 23.7 Å². The number of thioether (sulfide) groups is 1. The van der Waals surface area contributed by atoms with Crippen LogP contribution in [0.4, 0.5) is 0 Å². The van der Waals surface area contributed by atoms with Crippen LogP contribution in [-0.4, -0.2) is 57.6 Å². The predicted octanol–water partition coefficient (Wildman–Crippen LogP) is 3.99. The van der Waals surface area contributed by atoms with Crippen molar-refractivity contribution in [1.82, 2.24) is 25.6 Å². The molecule has 36 heavy (non-hydrogen) atoms. The lowest BCUT2D eigenvalue weighted by atomic mass is 10.0. The largest absolute Gasteiger partial charge is 0.507 e. The molecule has 1 amide bonds. The van der Waals surface area contributed by atoms with Gasteiger partial charge in [0.15, 0.2) is 5.17 Å². The zero-order valence-electron chi connectivity index (χ0n) is 19.6. The van der Waals surface area contributed by atoms with E-state index in [-0.39, 0.29) is 11.7 Å². The van der Waals surface area contributed by atoms with E-state index < -0.39 is 0 Å². The van der Waals surface area contributed by atoms with Crippen LogP contribution in [0.25, 0.3) is 33.5 Å². The maximum absolute atomic E-state index is 12.6. The van der Waals surface area contributed by atoms with Gasteiger partial charge in [0.2, 0.25) is 5.88 Å². The molecule has 0 spiro atoms. The summed E-state index contributed by atoms with van der Waals surface area (Å²) in [4.78, 5) is 24.7. The molecule has 0 aliphatic rings. The molecule has 0 aliphatic heterocycles. The van der Waals surface area contributed by atoms with Crippen LogP contribution < -0.4 is 15.4 Å².